The molecule has 0 aromatic carbocycles. The summed E-state index contributed by atoms with van der Waals surface area (Å²) in [6.45, 7) is 2.05. The normalized spacial score (nSPS) is 26.9. The number of fused-ring (bicyclic) bond motifs is 1. The van der Waals surface area contributed by atoms with E-state index in [1.54, 1.807) is 6.07 Å². The summed E-state index contributed by atoms with van der Waals surface area (Å²) in [6.07, 6.45) is 5.86. The van der Waals surface area contributed by atoms with Crippen molar-refractivity contribution in [2.45, 2.75) is 57.3 Å². The van der Waals surface area contributed by atoms with Gasteiger partial charge in [0.15, 0.2) is 0 Å². The Bertz CT molecular complexity index is 1010. The highest BCUT2D eigenvalue weighted by atomic mass is 16.3. The molecule has 8 heteroatoms. The molecule has 3 heterocycles. The van der Waals surface area contributed by atoms with Crippen LogP contribution in [-0.2, 0) is 6.42 Å². The Morgan fingerprint density at radius 2 is 2.00 bits per heavy atom. The van der Waals surface area contributed by atoms with Gasteiger partial charge in [0, 0.05) is 11.9 Å². The van der Waals surface area contributed by atoms with Crippen molar-refractivity contribution in [2.75, 3.05) is 11.5 Å². The van der Waals surface area contributed by atoms with Gasteiger partial charge < -0.3 is 26.2 Å². The van der Waals surface area contributed by atoms with Gasteiger partial charge in [-0.15, -0.1) is 0 Å². The molecule has 0 unspecified atom stereocenters. The van der Waals surface area contributed by atoms with Gasteiger partial charge in [-0.05, 0) is 49.3 Å². The maximum Gasteiger partial charge on any atom is 0.145 e. The summed E-state index contributed by atoms with van der Waals surface area (Å²) in [5.41, 5.74) is 13.0. The van der Waals surface area contributed by atoms with Gasteiger partial charge in [-0.1, -0.05) is 19.4 Å². The second-order valence-electron chi connectivity index (χ2n) is 8.34. The first kappa shape index (κ1) is 19.6. The lowest BCUT2D eigenvalue weighted by molar-refractivity contribution is -0.0250. The predicted molar refractivity (Wildman–Crippen MR) is 112 cm³/mol. The number of rotatable bonds is 6. The summed E-state index contributed by atoms with van der Waals surface area (Å²) in [7, 11) is 0. The van der Waals surface area contributed by atoms with Crippen LogP contribution in [0.1, 0.15) is 44.3 Å². The summed E-state index contributed by atoms with van der Waals surface area (Å²) >= 11 is 0. The zero-order chi connectivity index (χ0) is 20.6. The number of nitrogens with zero attached hydrogens (tertiary/aromatic N) is 4. The molecule has 3 aromatic rings. The van der Waals surface area contributed by atoms with Crippen LogP contribution in [0, 0.1) is 5.41 Å². The molecule has 8 nitrogen and oxygen atoms in total. The minimum Gasteiger partial charge on any atom is -0.390 e. The molecular formula is C21H28N6O2. The fourth-order valence-electron chi connectivity index (χ4n) is 4.59. The molecule has 4 atom stereocenters. The van der Waals surface area contributed by atoms with Crippen molar-refractivity contribution in [1.29, 1.82) is 0 Å². The zero-order valence-corrected chi connectivity index (χ0v) is 16.6. The standard InChI is InChI=1S/C21H28N6O2/c1-21(9-3-2-5-13-6-4-7-16(22)26-13)11-15(17(28)18(21)29)27-10-8-14-19(23)24-12-25-20(14)27/h4,6-8,10,12,15,17-18,28-29H,2-3,5,9,11H2,1H3,(H2,22,26)(H2,23,24,25)/t15-,17+,18+,21+/m1/s1. The quantitative estimate of drug-likeness (QED) is 0.468. The van der Waals surface area contributed by atoms with Crippen molar-refractivity contribution in [1.82, 2.24) is 19.5 Å². The molecule has 0 spiro atoms. The van der Waals surface area contributed by atoms with E-state index in [0.717, 1.165) is 36.8 Å². The van der Waals surface area contributed by atoms with Gasteiger partial charge in [-0.2, -0.15) is 0 Å². The van der Waals surface area contributed by atoms with Gasteiger partial charge >= 0.3 is 0 Å². The van der Waals surface area contributed by atoms with E-state index in [4.69, 9.17) is 11.5 Å². The van der Waals surface area contributed by atoms with E-state index < -0.39 is 12.2 Å². The van der Waals surface area contributed by atoms with Gasteiger partial charge in [0.25, 0.3) is 0 Å². The molecule has 0 saturated heterocycles. The SMILES string of the molecule is C[C@]1(CCCCc2cccc(N)n2)C[C@@H](n2ccc3c(N)ncnc32)[C@H](O)[C@@H]1O. The summed E-state index contributed by atoms with van der Waals surface area (Å²) in [4.78, 5) is 12.7. The molecule has 1 aliphatic rings. The van der Waals surface area contributed by atoms with Crippen molar-refractivity contribution in [3.63, 3.8) is 0 Å². The highest BCUT2D eigenvalue weighted by molar-refractivity contribution is 5.86. The number of unbranched alkanes of at least 4 members (excludes halogenated alkanes) is 1. The number of aliphatic hydroxyl groups excluding tert-OH is 2. The molecule has 4 rings (SSSR count). The first-order chi connectivity index (χ1) is 13.9. The van der Waals surface area contributed by atoms with Crippen molar-refractivity contribution in [3.05, 3.63) is 42.5 Å². The van der Waals surface area contributed by atoms with E-state index in [2.05, 4.69) is 21.9 Å². The Morgan fingerprint density at radius 1 is 1.17 bits per heavy atom. The number of nitrogens with two attached hydrogens (primary N) is 2. The van der Waals surface area contributed by atoms with Crippen molar-refractivity contribution >= 4 is 22.7 Å². The van der Waals surface area contributed by atoms with Crippen molar-refractivity contribution in [3.8, 4) is 0 Å². The third-order valence-electron chi connectivity index (χ3n) is 6.26. The molecule has 3 aromatic heterocycles. The number of aromatic nitrogens is 4. The Hall–Kier alpha value is -2.71. The Balaban J connectivity index is 1.43. The lowest BCUT2D eigenvalue weighted by Gasteiger charge is -2.28. The highest BCUT2D eigenvalue weighted by Gasteiger charge is 2.50. The molecule has 0 radical (unpaired) electrons. The van der Waals surface area contributed by atoms with E-state index in [1.807, 2.05) is 29.0 Å². The van der Waals surface area contributed by atoms with Gasteiger partial charge in [0.2, 0.25) is 0 Å². The van der Waals surface area contributed by atoms with Crippen LogP contribution >= 0.6 is 0 Å². The van der Waals surface area contributed by atoms with E-state index in [-0.39, 0.29) is 11.5 Å². The van der Waals surface area contributed by atoms with E-state index >= 15 is 0 Å². The predicted octanol–water partition coefficient (Wildman–Crippen LogP) is 2.08. The third kappa shape index (κ3) is 3.65. The molecule has 154 valence electrons. The van der Waals surface area contributed by atoms with Crippen LogP contribution in [-0.4, -0.2) is 41.9 Å². The molecule has 1 fully saturated rings. The van der Waals surface area contributed by atoms with Crippen LogP contribution in [0.2, 0.25) is 0 Å². The summed E-state index contributed by atoms with van der Waals surface area (Å²) < 4.78 is 1.92. The second kappa shape index (κ2) is 7.61. The molecule has 0 amide bonds. The fourth-order valence-corrected chi connectivity index (χ4v) is 4.59. The number of nitrogen functional groups attached to an aromatic ring is 2. The van der Waals surface area contributed by atoms with Crippen LogP contribution in [0.4, 0.5) is 11.6 Å². The number of hydrogen-bond acceptors (Lipinski definition) is 7. The Labute approximate surface area is 169 Å². The maximum atomic E-state index is 10.8. The summed E-state index contributed by atoms with van der Waals surface area (Å²) in [5, 5.41) is 22.4. The highest BCUT2D eigenvalue weighted by Crippen LogP contribution is 2.48. The molecule has 1 aliphatic carbocycles. The Kier molecular flexibility index (Phi) is 5.14. The second-order valence-corrected chi connectivity index (χ2v) is 8.34. The van der Waals surface area contributed by atoms with E-state index in [0.29, 0.717) is 23.7 Å². The lowest BCUT2D eigenvalue weighted by Crippen LogP contribution is -2.34. The van der Waals surface area contributed by atoms with Crippen LogP contribution in [0.15, 0.2) is 36.8 Å². The largest absolute Gasteiger partial charge is 0.390 e. The minimum absolute atomic E-state index is 0.252. The molecule has 0 aliphatic heterocycles. The average Bonchev–Trinajstić information content (AvgIpc) is 3.22. The number of anilines is 2. The topological polar surface area (TPSA) is 136 Å². The lowest BCUT2D eigenvalue weighted by atomic mass is 9.80. The van der Waals surface area contributed by atoms with E-state index in [1.165, 1.54) is 6.33 Å². The molecular weight excluding hydrogens is 368 g/mol. The Morgan fingerprint density at radius 3 is 2.79 bits per heavy atom. The van der Waals surface area contributed by atoms with Gasteiger partial charge in [0.1, 0.15) is 29.7 Å². The van der Waals surface area contributed by atoms with Gasteiger partial charge in [0.05, 0.1) is 17.5 Å². The number of aliphatic hydroxyl groups is 2. The van der Waals surface area contributed by atoms with Crippen LogP contribution in [0.25, 0.3) is 11.0 Å². The molecule has 29 heavy (non-hydrogen) atoms. The maximum absolute atomic E-state index is 10.8. The molecule has 6 N–H and O–H groups in total. The number of aryl methyl sites for hydroxylation is 1. The fraction of sp³-hybridized carbons (Fsp3) is 0.476. The summed E-state index contributed by atoms with van der Waals surface area (Å²) in [6, 6.07) is 7.28. The van der Waals surface area contributed by atoms with Crippen LogP contribution in [0.3, 0.4) is 0 Å². The first-order valence-electron chi connectivity index (χ1n) is 10.0. The monoisotopic (exact) mass is 396 g/mol. The third-order valence-corrected chi connectivity index (χ3v) is 6.26. The van der Waals surface area contributed by atoms with Crippen molar-refractivity contribution < 1.29 is 10.2 Å². The minimum atomic E-state index is -0.859. The van der Waals surface area contributed by atoms with Gasteiger partial charge in [-0.25, -0.2) is 15.0 Å². The average molecular weight is 396 g/mol. The van der Waals surface area contributed by atoms with Crippen molar-refractivity contribution in [2.24, 2.45) is 5.41 Å². The molecule has 1 saturated carbocycles. The van der Waals surface area contributed by atoms with Crippen LogP contribution in [0.5, 0.6) is 0 Å². The number of pyridine rings is 1. The molecule has 0 bridgehead atoms. The van der Waals surface area contributed by atoms with Crippen LogP contribution < -0.4 is 11.5 Å². The zero-order valence-electron chi connectivity index (χ0n) is 16.6. The first-order valence-corrected chi connectivity index (χ1v) is 10.0. The van der Waals surface area contributed by atoms with E-state index in [9.17, 15) is 10.2 Å². The number of hydrogen-bond donors (Lipinski definition) is 4. The smallest absolute Gasteiger partial charge is 0.145 e. The van der Waals surface area contributed by atoms with Gasteiger partial charge in [-0.3, -0.25) is 0 Å². The summed E-state index contributed by atoms with van der Waals surface area (Å²) in [5.74, 6) is 0.953.